The molecule has 0 aliphatic carbocycles. The van der Waals surface area contributed by atoms with Crippen molar-refractivity contribution in [3.63, 3.8) is 0 Å². The van der Waals surface area contributed by atoms with Crippen molar-refractivity contribution in [3.8, 4) is 17.6 Å². The molecule has 5 heteroatoms. The Morgan fingerprint density at radius 3 is 3.05 bits per heavy atom. The zero-order chi connectivity index (χ0) is 14.2. The summed E-state index contributed by atoms with van der Waals surface area (Å²) in [5, 5.41) is 9.40. The summed E-state index contributed by atoms with van der Waals surface area (Å²) in [5.74, 6) is 7.49. The predicted molar refractivity (Wildman–Crippen MR) is 77.6 cm³/mol. The molecule has 1 N–H and O–H groups in total. The second kappa shape index (κ2) is 7.63. The molecule has 2 aromatic rings. The van der Waals surface area contributed by atoms with Crippen LogP contribution in [0.2, 0.25) is 0 Å². The van der Waals surface area contributed by atoms with Crippen molar-refractivity contribution in [1.82, 2.24) is 4.98 Å². The summed E-state index contributed by atoms with van der Waals surface area (Å²) >= 11 is 1.50. The summed E-state index contributed by atoms with van der Waals surface area (Å²) in [6.07, 6.45) is 3.64. The molecule has 1 aromatic heterocycles. The molecule has 0 amide bonds. The van der Waals surface area contributed by atoms with Crippen molar-refractivity contribution in [3.05, 3.63) is 41.8 Å². The maximum atomic E-state index is 8.78. The van der Waals surface area contributed by atoms with Crippen molar-refractivity contribution >= 4 is 11.8 Å². The van der Waals surface area contributed by atoms with E-state index in [9.17, 15) is 0 Å². The van der Waals surface area contributed by atoms with Gasteiger partial charge in [-0.05, 0) is 23.8 Å². The molecule has 20 heavy (non-hydrogen) atoms. The Labute approximate surface area is 122 Å². The molecule has 104 valence electrons. The van der Waals surface area contributed by atoms with Crippen LogP contribution < -0.4 is 4.74 Å². The van der Waals surface area contributed by atoms with E-state index in [4.69, 9.17) is 14.3 Å². The van der Waals surface area contributed by atoms with E-state index in [2.05, 4.69) is 16.8 Å². The second-order valence-corrected chi connectivity index (χ2v) is 4.81. The van der Waals surface area contributed by atoms with Gasteiger partial charge < -0.3 is 14.3 Å². The lowest BCUT2D eigenvalue weighted by Crippen LogP contribution is -1.91. The van der Waals surface area contributed by atoms with Gasteiger partial charge in [-0.3, -0.25) is 0 Å². The van der Waals surface area contributed by atoms with Crippen LogP contribution in [0, 0.1) is 11.8 Å². The van der Waals surface area contributed by atoms with Crippen LogP contribution in [0.5, 0.6) is 5.75 Å². The lowest BCUT2D eigenvalue weighted by Gasteiger charge is -2.06. The third-order valence-electron chi connectivity index (χ3n) is 2.53. The molecule has 4 nitrogen and oxygen atoms in total. The molecular formula is C15H15NO3S. The zero-order valence-electron chi connectivity index (χ0n) is 11.1. The molecule has 0 bridgehead atoms. The number of oxazole rings is 1. The lowest BCUT2D eigenvalue weighted by atomic mass is 10.1. The molecular weight excluding hydrogens is 274 g/mol. The van der Waals surface area contributed by atoms with Gasteiger partial charge in [0.2, 0.25) is 0 Å². The van der Waals surface area contributed by atoms with Crippen LogP contribution in [-0.2, 0) is 5.75 Å². The van der Waals surface area contributed by atoms with Crippen LogP contribution >= 0.6 is 11.8 Å². The monoisotopic (exact) mass is 289 g/mol. The van der Waals surface area contributed by atoms with Gasteiger partial charge in [0.25, 0.3) is 5.22 Å². The molecule has 0 fully saturated rings. The number of aliphatic hydroxyl groups is 1. The Bertz CT molecular complexity index is 599. The number of rotatable bonds is 5. The topological polar surface area (TPSA) is 55.5 Å². The average Bonchev–Trinajstić information content (AvgIpc) is 2.99. The normalized spacial score (nSPS) is 9.90. The Kier molecular flexibility index (Phi) is 5.54. The third-order valence-corrected chi connectivity index (χ3v) is 3.44. The fourth-order valence-electron chi connectivity index (χ4n) is 1.57. The fourth-order valence-corrected chi connectivity index (χ4v) is 2.35. The predicted octanol–water partition coefficient (Wildman–Crippen LogP) is 2.71. The van der Waals surface area contributed by atoms with E-state index < -0.39 is 0 Å². The van der Waals surface area contributed by atoms with Crippen LogP contribution in [-0.4, -0.2) is 23.8 Å². The first-order valence-electron chi connectivity index (χ1n) is 6.12. The minimum Gasteiger partial charge on any atom is -0.497 e. The summed E-state index contributed by atoms with van der Waals surface area (Å²) < 4.78 is 10.4. The van der Waals surface area contributed by atoms with Crippen molar-refractivity contribution in [2.45, 2.75) is 17.4 Å². The van der Waals surface area contributed by atoms with Crippen LogP contribution in [0.4, 0.5) is 0 Å². The molecule has 0 radical (unpaired) electrons. The summed E-state index contributed by atoms with van der Waals surface area (Å²) in [6, 6.07) is 5.76. The number of methoxy groups -OCH3 is 1. The molecule has 0 aliphatic heterocycles. The SMILES string of the molecule is COc1ccc(C#CCCO)c(CSc2ncco2)c1. The molecule has 0 aliphatic rings. The van der Waals surface area contributed by atoms with Crippen molar-refractivity contribution in [1.29, 1.82) is 0 Å². The number of hydrogen-bond donors (Lipinski definition) is 1. The molecule has 1 aromatic carbocycles. The Balaban J connectivity index is 2.16. The molecule has 2 rings (SSSR count). The molecule has 0 saturated heterocycles. The first-order valence-corrected chi connectivity index (χ1v) is 7.11. The van der Waals surface area contributed by atoms with E-state index >= 15 is 0 Å². The fraction of sp³-hybridized carbons (Fsp3) is 0.267. The maximum Gasteiger partial charge on any atom is 0.255 e. The third kappa shape index (κ3) is 4.05. The first-order chi connectivity index (χ1) is 9.83. The van der Waals surface area contributed by atoms with Gasteiger partial charge in [-0.1, -0.05) is 23.6 Å². The Morgan fingerprint density at radius 2 is 2.35 bits per heavy atom. The minimum atomic E-state index is 0.0730. The standard InChI is InChI=1S/C15H15NO3S/c1-18-14-6-5-12(4-2-3-8-17)13(10-14)11-20-15-16-7-9-19-15/h5-7,9-10,17H,3,8,11H2,1H3. The zero-order valence-corrected chi connectivity index (χ0v) is 11.9. The molecule has 0 spiro atoms. The van der Waals surface area contributed by atoms with Crippen molar-refractivity contribution in [2.24, 2.45) is 0 Å². The van der Waals surface area contributed by atoms with Crippen molar-refractivity contribution in [2.75, 3.05) is 13.7 Å². The number of aromatic nitrogens is 1. The highest BCUT2D eigenvalue weighted by Crippen LogP contribution is 2.25. The maximum absolute atomic E-state index is 8.78. The van der Waals surface area contributed by atoms with E-state index in [1.807, 2.05) is 18.2 Å². The number of aliphatic hydroxyl groups excluding tert-OH is 1. The van der Waals surface area contributed by atoms with E-state index in [1.54, 1.807) is 19.6 Å². The van der Waals surface area contributed by atoms with Gasteiger partial charge in [-0.2, -0.15) is 0 Å². The lowest BCUT2D eigenvalue weighted by molar-refractivity contribution is 0.305. The second-order valence-electron chi connectivity index (χ2n) is 3.89. The molecule has 0 saturated carbocycles. The molecule has 0 unspecified atom stereocenters. The largest absolute Gasteiger partial charge is 0.497 e. The van der Waals surface area contributed by atoms with E-state index in [-0.39, 0.29) is 6.61 Å². The highest BCUT2D eigenvalue weighted by molar-refractivity contribution is 7.98. The number of hydrogen-bond acceptors (Lipinski definition) is 5. The Hall–Kier alpha value is -1.90. The number of nitrogens with zero attached hydrogens (tertiary/aromatic N) is 1. The number of benzene rings is 1. The van der Waals surface area contributed by atoms with Gasteiger partial charge in [-0.15, -0.1) is 0 Å². The quantitative estimate of drug-likeness (QED) is 0.677. The van der Waals surface area contributed by atoms with Gasteiger partial charge in [0.15, 0.2) is 0 Å². The van der Waals surface area contributed by atoms with Gasteiger partial charge in [0, 0.05) is 17.7 Å². The highest BCUT2D eigenvalue weighted by atomic mass is 32.2. The summed E-state index contributed by atoms with van der Waals surface area (Å²) in [7, 11) is 1.64. The minimum absolute atomic E-state index is 0.0730. The number of thioether (sulfide) groups is 1. The highest BCUT2D eigenvalue weighted by Gasteiger charge is 2.06. The summed E-state index contributed by atoms with van der Waals surface area (Å²) in [5.41, 5.74) is 1.98. The summed E-state index contributed by atoms with van der Waals surface area (Å²) in [4.78, 5) is 4.07. The van der Waals surface area contributed by atoms with E-state index in [1.165, 1.54) is 11.8 Å². The van der Waals surface area contributed by atoms with Crippen LogP contribution in [0.25, 0.3) is 0 Å². The number of ether oxygens (including phenoxy) is 1. The van der Waals surface area contributed by atoms with Crippen LogP contribution in [0.3, 0.4) is 0 Å². The van der Waals surface area contributed by atoms with Gasteiger partial charge in [0.05, 0.1) is 19.9 Å². The summed E-state index contributed by atoms with van der Waals surface area (Å²) in [6.45, 7) is 0.0730. The van der Waals surface area contributed by atoms with Gasteiger partial charge in [0.1, 0.15) is 12.0 Å². The van der Waals surface area contributed by atoms with E-state index in [0.717, 1.165) is 16.9 Å². The average molecular weight is 289 g/mol. The van der Waals surface area contributed by atoms with Gasteiger partial charge in [-0.25, -0.2) is 4.98 Å². The first kappa shape index (κ1) is 14.5. The van der Waals surface area contributed by atoms with Crippen LogP contribution in [0.15, 0.2) is 40.3 Å². The van der Waals surface area contributed by atoms with Gasteiger partial charge >= 0.3 is 0 Å². The molecule has 0 atom stereocenters. The van der Waals surface area contributed by atoms with E-state index in [0.29, 0.717) is 17.4 Å². The molecule has 1 heterocycles. The Morgan fingerprint density at radius 1 is 1.45 bits per heavy atom. The smallest absolute Gasteiger partial charge is 0.255 e. The van der Waals surface area contributed by atoms with Crippen molar-refractivity contribution < 1.29 is 14.3 Å². The van der Waals surface area contributed by atoms with Crippen LogP contribution in [0.1, 0.15) is 17.5 Å².